The van der Waals surface area contributed by atoms with Gasteiger partial charge >= 0.3 is 0 Å². The number of nitrogen functional groups attached to an aromatic ring is 1. The first kappa shape index (κ1) is 10.4. The zero-order valence-electron chi connectivity index (χ0n) is 8.71. The molecule has 0 aromatic heterocycles. The first-order valence-corrected chi connectivity index (χ1v) is 5.41. The largest absolute Gasteiger partial charge is 0.399 e. The van der Waals surface area contributed by atoms with Crippen molar-refractivity contribution in [3.63, 3.8) is 0 Å². The number of hydrogen-bond acceptors (Lipinski definition) is 2. The number of benzene rings is 1. The van der Waals surface area contributed by atoms with Crippen LogP contribution in [0.1, 0.15) is 24.8 Å². The van der Waals surface area contributed by atoms with Crippen molar-refractivity contribution in [2.75, 3.05) is 12.3 Å². The zero-order chi connectivity index (χ0) is 10.7. The zero-order valence-corrected chi connectivity index (χ0v) is 8.71. The fourth-order valence-electron chi connectivity index (χ4n) is 1.96. The molecule has 1 aliphatic rings. The Morgan fingerprint density at radius 3 is 3.00 bits per heavy atom. The average molecular weight is 209 g/mol. The number of nitrogens with two attached hydrogens (primary N) is 1. The Morgan fingerprint density at radius 2 is 2.27 bits per heavy atom. The van der Waals surface area contributed by atoms with E-state index in [4.69, 9.17) is 10.5 Å². The van der Waals surface area contributed by atoms with E-state index < -0.39 is 0 Å². The van der Waals surface area contributed by atoms with Crippen LogP contribution in [0.3, 0.4) is 0 Å². The Hall–Kier alpha value is -1.09. The SMILES string of the molecule is Nc1ccc(F)cc1CC1CCCCO1. The predicted molar refractivity (Wildman–Crippen MR) is 58.1 cm³/mol. The lowest BCUT2D eigenvalue weighted by atomic mass is 10.00. The van der Waals surface area contributed by atoms with Crippen molar-refractivity contribution in [2.45, 2.75) is 31.8 Å². The van der Waals surface area contributed by atoms with Gasteiger partial charge in [-0.05, 0) is 43.0 Å². The van der Waals surface area contributed by atoms with Gasteiger partial charge in [-0.25, -0.2) is 4.39 Å². The number of anilines is 1. The number of halogens is 1. The Labute approximate surface area is 89.2 Å². The standard InChI is InChI=1S/C12H16FNO/c13-10-4-5-12(14)9(7-10)8-11-3-1-2-6-15-11/h4-5,7,11H,1-3,6,8,14H2. The Bertz CT molecular complexity index is 334. The third-order valence-corrected chi connectivity index (χ3v) is 2.83. The molecule has 1 atom stereocenters. The third kappa shape index (κ3) is 2.69. The lowest BCUT2D eigenvalue weighted by molar-refractivity contribution is 0.0168. The predicted octanol–water partition coefficient (Wildman–Crippen LogP) is 2.52. The van der Waals surface area contributed by atoms with Crippen LogP contribution in [-0.4, -0.2) is 12.7 Å². The molecule has 2 N–H and O–H groups in total. The van der Waals surface area contributed by atoms with Crippen LogP contribution in [-0.2, 0) is 11.2 Å². The van der Waals surface area contributed by atoms with Crippen molar-refractivity contribution in [2.24, 2.45) is 0 Å². The first-order valence-electron chi connectivity index (χ1n) is 5.41. The van der Waals surface area contributed by atoms with Crippen molar-refractivity contribution < 1.29 is 9.13 Å². The Kier molecular flexibility index (Phi) is 3.21. The van der Waals surface area contributed by atoms with E-state index in [-0.39, 0.29) is 11.9 Å². The van der Waals surface area contributed by atoms with Gasteiger partial charge in [-0.3, -0.25) is 0 Å². The summed E-state index contributed by atoms with van der Waals surface area (Å²) in [4.78, 5) is 0. The minimum atomic E-state index is -0.227. The smallest absolute Gasteiger partial charge is 0.123 e. The average Bonchev–Trinajstić information content (AvgIpc) is 2.25. The molecule has 1 unspecified atom stereocenters. The monoisotopic (exact) mass is 209 g/mol. The van der Waals surface area contributed by atoms with Crippen LogP contribution in [0.2, 0.25) is 0 Å². The van der Waals surface area contributed by atoms with Gasteiger partial charge in [0, 0.05) is 18.7 Å². The molecule has 1 aromatic rings. The van der Waals surface area contributed by atoms with E-state index in [2.05, 4.69) is 0 Å². The molecule has 15 heavy (non-hydrogen) atoms. The van der Waals surface area contributed by atoms with Gasteiger partial charge in [-0.1, -0.05) is 0 Å². The Balaban J connectivity index is 2.05. The first-order chi connectivity index (χ1) is 7.25. The minimum absolute atomic E-state index is 0.211. The highest BCUT2D eigenvalue weighted by Crippen LogP contribution is 2.21. The van der Waals surface area contributed by atoms with Crippen LogP contribution in [0.4, 0.5) is 10.1 Å². The third-order valence-electron chi connectivity index (χ3n) is 2.83. The molecule has 2 nitrogen and oxygen atoms in total. The molecule has 1 aliphatic heterocycles. The van der Waals surface area contributed by atoms with Gasteiger partial charge in [-0.15, -0.1) is 0 Å². The number of rotatable bonds is 2. The molecule has 2 rings (SSSR count). The maximum absolute atomic E-state index is 13.0. The van der Waals surface area contributed by atoms with Gasteiger partial charge in [0.05, 0.1) is 6.10 Å². The lowest BCUT2D eigenvalue weighted by Gasteiger charge is -2.23. The summed E-state index contributed by atoms with van der Waals surface area (Å²) in [5.74, 6) is -0.227. The lowest BCUT2D eigenvalue weighted by Crippen LogP contribution is -2.21. The molecule has 1 saturated heterocycles. The van der Waals surface area contributed by atoms with Crippen molar-refractivity contribution in [3.05, 3.63) is 29.6 Å². The molecule has 82 valence electrons. The maximum Gasteiger partial charge on any atom is 0.123 e. The van der Waals surface area contributed by atoms with Gasteiger partial charge in [0.2, 0.25) is 0 Å². The van der Waals surface area contributed by atoms with Crippen molar-refractivity contribution in [1.29, 1.82) is 0 Å². The number of ether oxygens (including phenoxy) is 1. The highest BCUT2D eigenvalue weighted by atomic mass is 19.1. The maximum atomic E-state index is 13.0. The second-order valence-electron chi connectivity index (χ2n) is 4.04. The van der Waals surface area contributed by atoms with Crippen molar-refractivity contribution in [3.8, 4) is 0 Å². The van der Waals surface area contributed by atoms with Crippen LogP contribution in [0, 0.1) is 5.82 Å². The highest BCUT2D eigenvalue weighted by Gasteiger charge is 2.15. The molecule has 1 heterocycles. The van der Waals surface area contributed by atoms with E-state index in [0.717, 1.165) is 31.4 Å². The summed E-state index contributed by atoms with van der Waals surface area (Å²) < 4.78 is 18.6. The van der Waals surface area contributed by atoms with E-state index >= 15 is 0 Å². The fraction of sp³-hybridized carbons (Fsp3) is 0.500. The second-order valence-corrected chi connectivity index (χ2v) is 4.04. The van der Waals surface area contributed by atoms with E-state index in [9.17, 15) is 4.39 Å². The summed E-state index contributed by atoms with van der Waals surface area (Å²) in [5.41, 5.74) is 7.31. The van der Waals surface area contributed by atoms with Crippen LogP contribution in [0.5, 0.6) is 0 Å². The van der Waals surface area contributed by atoms with Crippen LogP contribution >= 0.6 is 0 Å². The van der Waals surface area contributed by atoms with E-state index in [1.54, 1.807) is 6.07 Å². The highest BCUT2D eigenvalue weighted by molar-refractivity contribution is 5.47. The molecule has 0 amide bonds. The van der Waals surface area contributed by atoms with Gasteiger partial charge in [0.1, 0.15) is 5.82 Å². The molecular formula is C12H16FNO. The molecule has 0 saturated carbocycles. The summed E-state index contributed by atoms with van der Waals surface area (Å²) in [7, 11) is 0. The van der Waals surface area contributed by atoms with Gasteiger partial charge in [-0.2, -0.15) is 0 Å². The minimum Gasteiger partial charge on any atom is -0.399 e. The van der Waals surface area contributed by atoms with Gasteiger partial charge in [0.25, 0.3) is 0 Å². The van der Waals surface area contributed by atoms with Crippen molar-refractivity contribution in [1.82, 2.24) is 0 Å². The summed E-state index contributed by atoms with van der Waals surface area (Å²) in [6.45, 7) is 0.819. The molecule has 0 spiro atoms. The Morgan fingerprint density at radius 1 is 1.40 bits per heavy atom. The second kappa shape index (κ2) is 4.62. The molecule has 0 bridgehead atoms. The van der Waals surface area contributed by atoms with Gasteiger partial charge in [0.15, 0.2) is 0 Å². The molecule has 0 radical (unpaired) electrons. The van der Waals surface area contributed by atoms with E-state index in [0.29, 0.717) is 5.69 Å². The van der Waals surface area contributed by atoms with Crippen molar-refractivity contribution >= 4 is 5.69 Å². The van der Waals surface area contributed by atoms with Gasteiger partial charge < -0.3 is 10.5 Å². The molecule has 1 fully saturated rings. The number of hydrogen-bond donors (Lipinski definition) is 1. The topological polar surface area (TPSA) is 35.2 Å². The molecular weight excluding hydrogens is 193 g/mol. The normalized spacial score (nSPS) is 21.5. The van der Waals surface area contributed by atoms with E-state index in [1.807, 2.05) is 0 Å². The fourth-order valence-corrected chi connectivity index (χ4v) is 1.96. The van der Waals surface area contributed by atoms with Crippen LogP contribution in [0.15, 0.2) is 18.2 Å². The summed E-state index contributed by atoms with van der Waals surface area (Å²) >= 11 is 0. The summed E-state index contributed by atoms with van der Waals surface area (Å²) in [6, 6.07) is 4.52. The summed E-state index contributed by atoms with van der Waals surface area (Å²) in [6.07, 6.45) is 4.32. The molecule has 0 aliphatic carbocycles. The molecule has 1 aromatic carbocycles. The summed E-state index contributed by atoms with van der Waals surface area (Å²) in [5, 5.41) is 0. The quantitative estimate of drug-likeness (QED) is 0.759. The van der Waals surface area contributed by atoms with Crippen LogP contribution in [0.25, 0.3) is 0 Å². The van der Waals surface area contributed by atoms with E-state index in [1.165, 1.54) is 18.6 Å². The van der Waals surface area contributed by atoms with Crippen LogP contribution < -0.4 is 5.73 Å². The molecule has 3 heteroatoms.